The fourth-order valence-electron chi connectivity index (χ4n) is 2.82. The molecule has 2 heterocycles. The number of carboxylic acid groups (broad SMARTS) is 1. The minimum absolute atomic E-state index is 0.0128. The SMILES string of the molecule is CCc1nc(C(=O)N2CCC(C(=O)O)C2)nn1-c1c(Cl)cccc1Cl. The average molecular weight is 383 g/mol. The molecule has 1 aromatic heterocycles. The summed E-state index contributed by atoms with van der Waals surface area (Å²) in [5.41, 5.74) is 0.471. The number of halogens is 2. The van der Waals surface area contributed by atoms with Crippen LogP contribution in [-0.4, -0.2) is 49.7 Å². The number of para-hydroxylation sites is 1. The molecule has 1 atom stereocenters. The van der Waals surface area contributed by atoms with Crippen molar-refractivity contribution in [3.05, 3.63) is 39.9 Å². The molecule has 1 aliphatic heterocycles. The van der Waals surface area contributed by atoms with Crippen LogP contribution in [0.2, 0.25) is 10.0 Å². The molecule has 0 bridgehead atoms. The van der Waals surface area contributed by atoms with E-state index in [-0.39, 0.29) is 18.3 Å². The van der Waals surface area contributed by atoms with Gasteiger partial charge in [0.05, 0.1) is 16.0 Å². The van der Waals surface area contributed by atoms with Gasteiger partial charge in [-0.1, -0.05) is 36.2 Å². The third-order valence-corrected chi connectivity index (χ3v) is 4.77. The van der Waals surface area contributed by atoms with Crippen LogP contribution in [0.15, 0.2) is 18.2 Å². The normalized spacial score (nSPS) is 17.1. The molecule has 2 aromatic rings. The molecule has 132 valence electrons. The number of carboxylic acids is 1. The van der Waals surface area contributed by atoms with Gasteiger partial charge in [-0.25, -0.2) is 9.67 Å². The van der Waals surface area contributed by atoms with E-state index in [0.29, 0.717) is 40.9 Å². The van der Waals surface area contributed by atoms with Crippen molar-refractivity contribution in [2.45, 2.75) is 19.8 Å². The summed E-state index contributed by atoms with van der Waals surface area (Å²) in [6, 6.07) is 5.09. The van der Waals surface area contributed by atoms with E-state index in [9.17, 15) is 9.59 Å². The Balaban J connectivity index is 1.94. The van der Waals surface area contributed by atoms with E-state index in [1.807, 2.05) is 6.92 Å². The maximum absolute atomic E-state index is 12.6. The van der Waals surface area contributed by atoms with Crippen LogP contribution in [0.3, 0.4) is 0 Å². The highest BCUT2D eigenvalue weighted by Crippen LogP contribution is 2.29. The minimum Gasteiger partial charge on any atom is -0.481 e. The second-order valence-corrected chi connectivity index (χ2v) is 6.58. The maximum Gasteiger partial charge on any atom is 0.308 e. The molecule has 9 heteroatoms. The minimum atomic E-state index is -0.897. The van der Waals surface area contributed by atoms with Crippen molar-refractivity contribution < 1.29 is 14.7 Å². The summed E-state index contributed by atoms with van der Waals surface area (Å²) in [5, 5.41) is 14.2. The van der Waals surface area contributed by atoms with Crippen molar-refractivity contribution in [1.82, 2.24) is 19.7 Å². The number of aromatic nitrogens is 3. The van der Waals surface area contributed by atoms with Crippen molar-refractivity contribution in [3.63, 3.8) is 0 Å². The van der Waals surface area contributed by atoms with Crippen LogP contribution in [0.1, 0.15) is 29.8 Å². The van der Waals surface area contributed by atoms with Crippen LogP contribution in [-0.2, 0) is 11.2 Å². The summed E-state index contributed by atoms with van der Waals surface area (Å²) in [7, 11) is 0. The molecule has 25 heavy (non-hydrogen) atoms. The largest absolute Gasteiger partial charge is 0.481 e. The third-order valence-electron chi connectivity index (χ3n) is 4.16. The number of benzene rings is 1. The standard InChI is InChI=1S/C16H16Cl2N4O3/c1-2-12-19-14(15(23)21-7-6-9(8-21)16(24)25)20-22(12)13-10(17)4-3-5-11(13)18/h3-5,9H,2,6-8H2,1H3,(H,24,25). The van der Waals surface area contributed by atoms with Gasteiger partial charge in [-0.2, -0.15) is 0 Å². The van der Waals surface area contributed by atoms with Crippen molar-refractivity contribution in [1.29, 1.82) is 0 Å². The molecule has 1 N–H and O–H groups in total. The Labute approximate surface area is 154 Å². The van der Waals surface area contributed by atoms with Crippen molar-refractivity contribution >= 4 is 35.1 Å². The maximum atomic E-state index is 12.6. The molecule has 1 amide bonds. The number of amides is 1. The molecule has 0 radical (unpaired) electrons. The highest BCUT2D eigenvalue weighted by atomic mass is 35.5. The molecule has 0 saturated carbocycles. The molecule has 1 saturated heterocycles. The first-order valence-corrected chi connectivity index (χ1v) is 8.60. The third kappa shape index (κ3) is 3.34. The van der Waals surface area contributed by atoms with Gasteiger partial charge in [-0.15, -0.1) is 5.10 Å². The van der Waals surface area contributed by atoms with Gasteiger partial charge in [0, 0.05) is 19.5 Å². The molecule has 1 unspecified atom stereocenters. The molecule has 0 aliphatic carbocycles. The monoisotopic (exact) mass is 382 g/mol. The molecule has 1 aliphatic rings. The topological polar surface area (TPSA) is 88.3 Å². The zero-order chi connectivity index (χ0) is 18.1. The Hall–Kier alpha value is -2.12. The van der Waals surface area contributed by atoms with Gasteiger partial charge < -0.3 is 10.0 Å². The molecule has 1 aromatic carbocycles. The van der Waals surface area contributed by atoms with Gasteiger partial charge in [0.2, 0.25) is 5.82 Å². The van der Waals surface area contributed by atoms with Crippen LogP contribution in [0.5, 0.6) is 0 Å². The number of nitrogens with zero attached hydrogens (tertiary/aromatic N) is 4. The van der Waals surface area contributed by atoms with Gasteiger partial charge >= 0.3 is 5.97 Å². The Morgan fingerprint density at radius 3 is 2.56 bits per heavy atom. The molecular formula is C16H16Cl2N4O3. The predicted molar refractivity (Wildman–Crippen MR) is 92.4 cm³/mol. The number of hydrogen-bond donors (Lipinski definition) is 1. The van der Waals surface area contributed by atoms with Crippen LogP contribution in [0.25, 0.3) is 5.69 Å². The Bertz CT molecular complexity index is 817. The number of aliphatic carboxylic acids is 1. The van der Waals surface area contributed by atoms with Gasteiger partial charge in [0.15, 0.2) is 0 Å². The summed E-state index contributed by atoms with van der Waals surface area (Å²) < 4.78 is 1.47. The number of carbonyl (C=O) groups is 2. The summed E-state index contributed by atoms with van der Waals surface area (Å²) in [6.07, 6.45) is 0.957. The summed E-state index contributed by atoms with van der Waals surface area (Å²) in [6.45, 7) is 2.42. The Morgan fingerprint density at radius 2 is 2.00 bits per heavy atom. The molecule has 0 spiro atoms. The summed E-state index contributed by atoms with van der Waals surface area (Å²) in [5.74, 6) is -1.27. The van der Waals surface area contributed by atoms with Crippen LogP contribution >= 0.6 is 23.2 Å². The Morgan fingerprint density at radius 1 is 1.32 bits per heavy atom. The van der Waals surface area contributed by atoms with E-state index in [1.54, 1.807) is 18.2 Å². The lowest BCUT2D eigenvalue weighted by atomic mass is 10.1. The van der Waals surface area contributed by atoms with E-state index in [1.165, 1.54) is 9.58 Å². The van der Waals surface area contributed by atoms with E-state index in [0.717, 1.165) is 0 Å². The zero-order valence-electron chi connectivity index (χ0n) is 13.4. The van der Waals surface area contributed by atoms with Crippen molar-refractivity contribution in [2.75, 3.05) is 13.1 Å². The number of likely N-dealkylation sites (tertiary alicyclic amines) is 1. The number of hydrogen-bond acceptors (Lipinski definition) is 4. The van der Waals surface area contributed by atoms with Crippen molar-refractivity contribution in [2.24, 2.45) is 5.92 Å². The summed E-state index contributed by atoms with van der Waals surface area (Å²) >= 11 is 12.5. The second kappa shape index (κ2) is 7.01. The van der Waals surface area contributed by atoms with Gasteiger partial charge in [0.25, 0.3) is 5.91 Å². The zero-order valence-corrected chi connectivity index (χ0v) is 15.0. The van der Waals surface area contributed by atoms with Crippen LogP contribution < -0.4 is 0 Å². The van der Waals surface area contributed by atoms with Gasteiger partial charge in [-0.05, 0) is 18.6 Å². The Kier molecular flexibility index (Phi) is 4.96. The lowest BCUT2D eigenvalue weighted by molar-refractivity contribution is -0.141. The number of carbonyl (C=O) groups excluding carboxylic acids is 1. The first-order chi connectivity index (χ1) is 11.9. The predicted octanol–water partition coefficient (Wildman–Crippen LogP) is 2.68. The highest BCUT2D eigenvalue weighted by Gasteiger charge is 2.33. The number of rotatable bonds is 4. The smallest absolute Gasteiger partial charge is 0.308 e. The average Bonchev–Trinajstić information content (AvgIpc) is 3.21. The second-order valence-electron chi connectivity index (χ2n) is 5.76. The molecule has 1 fully saturated rings. The lowest BCUT2D eigenvalue weighted by Gasteiger charge is -2.13. The fourth-order valence-corrected chi connectivity index (χ4v) is 3.38. The first-order valence-electron chi connectivity index (χ1n) is 7.84. The van der Waals surface area contributed by atoms with E-state index < -0.39 is 11.9 Å². The van der Waals surface area contributed by atoms with Crippen LogP contribution in [0, 0.1) is 5.92 Å². The number of aryl methyl sites for hydroxylation is 1. The van der Waals surface area contributed by atoms with Crippen LogP contribution in [0.4, 0.5) is 0 Å². The molecular weight excluding hydrogens is 367 g/mol. The quantitative estimate of drug-likeness (QED) is 0.877. The first kappa shape index (κ1) is 17.7. The fraction of sp³-hybridized carbons (Fsp3) is 0.375. The van der Waals surface area contributed by atoms with Crippen molar-refractivity contribution in [3.8, 4) is 5.69 Å². The highest BCUT2D eigenvalue weighted by molar-refractivity contribution is 6.37. The van der Waals surface area contributed by atoms with E-state index in [4.69, 9.17) is 28.3 Å². The molecule has 7 nitrogen and oxygen atoms in total. The molecule has 3 rings (SSSR count). The summed E-state index contributed by atoms with van der Waals surface area (Å²) in [4.78, 5) is 29.5. The van der Waals surface area contributed by atoms with Gasteiger partial charge in [-0.3, -0.25) is 9.59 Å². The van der Waals surface area contributed by atoms with E-state index >= 15 is 0 Å². The lowest BCUT2D eigenvalue weighted by Crippen LogP contribution is -2.30. The van der Waals surface area contributed by atoms with E-state index in [2.05, 4.69) is 10.1 Å². The van der Waals surface area contributed by atoms with Gasteiger partial charge in [0.1, 0.15) is 11.5 Å².